The van der Waals surface area contributed by atoms with E-state index >= 15 is 0 Å². The van der Waals surface area contributed by atoms with E-state index in [0.717, 1.165) is 6.42 Å². The molecular weight excluding hydrogens is 186 g/mol. The highest BCUT2D eigenvalue weighted by molar-refractivity contribution is 8.00. The predicted octanol–water partition coefficient (Wildman–Crippen LogP) is 1.02. The van der Waals surface area contributed by atoms with Crippen LogP contribution in [-0.4, -0.2) is 34.7 Å². The molecule has 0 radical (unpaired) electrons. The lowest BCUT2D eigenvalue weighted by atomic mass is 10.3. The third kappa shape index (κ3) is 6.90. The highest BCUT2D eigenvalue weighted by Crippen LogP contribution is 2.08. The lowest BCUT2D eigenvalue weighted by molar-refractivity contribution is -0.119. The predicted molar refractivity (Wildman–Crippen MR) is 56.9 cm³/mol. The van der Waals surface area contributed by atoms with Crippen LogP contribution in [0, 0.1) is 0 Å². The molecule has 0 aliphatic heterocycles. The van der Waals surface area contributed by atoms with E-state index in [2.05, 4.69) is 5.32 Å². The molecule has 0 aliphatic carbocycles. The zero-order chi connectivity index (χ0) is 10.3. The Kier molecular flexibility index (Phi) is 7.09. The molecule has 0 aromatic carbocycles. The Morgan fingerprint density at radius 1 is 1.54 bits per heavy atom. The number of amides is 1. The van der Waals surface area contributed by atoms with Crippen molar-refractivity contribution in [2.24, 2.45) is 0 Å². The molecule has 0 aromatic heterocycles. The van der Waals surface area contributed by atoms with Crippen molar-refractivity contribution in [3.05, 3.63) is 0 Å². The molecule has 2 unspecified atom stereocenters. The first-order chi connectivity index (χ1) is 6.10. The number of thioether (sulfide) groups is 1. The highest BCUT2D eigenvalue weighted by atomic mass is 32.2. The van der Waals surface area contributed by atoms with Crippen LogP contribution in [0.15, 0.2) is 0 Å². The maximum atomic E-state index is 11.2. The Bertz CT molecular complexity index is 153. The Morgan fingerprint density at radius 2 is 2.15 bits per heavy atom. The maximum absolute atomic E-state index is 11.2. The average Bonchev–Trinajstić information content (AvgIpc) is 2.13. The van der Waals surface area contributed by atoms with Crippen LogP contribution >= 0.6 is 11.8 Å². The van der Waals surface area contributed by atoms with Gasteiger partial charge in [0.05, 0.1) is 12.4 Å². The van der Waals surface area contributed by atoms with Gasteiger partial charge in [-0.3, -0.25) is 4.79 Å². The molecule has 4 heteroatoms. The minimum atomic E-state index is 0.0552. The minimum absolute atomic E-state index is 0.0552. The largest absolute Gasteiger partial charge is 0.395 e. The van der Waals surface area contributed by atoms with Crippen molar-refractivity contribution in [3.63, 3.8) is 0 Å². The smallest absolute Gasteiger partial charge is 0.230 e. The first kappa shape index (κ1) is 12.8. The Balaban J connectivity index is 3.51. The molecule has 0 aromatic rings. The van der Waals surface area contributed by atoms with Gasteiger partial charge in [-0.2, -0.15) is 0 Å². The third-order valence-corrected chi connectivity index (χ3v) is 2.92. The molecule has 2 atom stereocenters. The molecule has 0 saturated carbocycles. The van der Waals surface area contributed by atoms with Crippen LogP contribution < -0.4 is 5.32 Å². The zero-order valence-corrected chi connectivity index (χ0v) is 9.36. The first-order valence-electron chi connectivity index (χ1n) is 4.62. The number of carbonyl (C=O) groups excluding carboxylic acids is 1. The second-order valence-corrected chi connectivity index (χ2v) is 4.61. The van der Waals surface area contributed by atoms with Crippen LogP contribution in [-0.2, 0) is 4.79 Å². The molecule has 0 spiro atoms. The fourth-order valence-corrected chi connectivity index (χ4v) is 1.31. The van der Waals surface area contributed by atoms with Crippen LogP contribution in [0.1, 0.15) is 27.2 Å². The van der Waals surface area contributed by atoms with E-state index in [1.165, 1.54) is 11.8 Å². The minimum Gasteiger partial charge on any atom is -0.395 e. The number of nitrogens with one attached hydrogen (secondary N) is 1. The number of carbonyl (C=O) groups is 1. The summed E-state index contributed by atoms with van der Waals surface area (Å²) in [7, 11) is 0. The number of rotatable bonds is 6. The van der Waals surface area contributed by atoms with Gasteiger partial charge in [-0.1, -0.05) is 13.8 Å². The van der Waals surface area contributed by atoms with Gasteiger partial charge in [0.15, 0.2) is 0 Å². The van der Waals surface area contributed by atoms with E-state index < -0.39 is 0 Å². The summed E-state index contributed by atoms with van der Waals surface area (Å²) in [5.74, 6) is 0.492. The molecule has 3 nitrogen and oxygen atoms in total. The monoisotopic (exact) mass is 205 g/mol. The third-order valence-electron chi connectivity index (χ3n) is 1.78. The van der Waals surface area contributed by atoms with Gasteiger partial charge >= 0.3 is 0 Å². The summed E-state index contributed by atoms with van der Waals surface area (Å²) >= 11 is 1.47. The summed E-state index contributed by atoms with van der Waals surface area (Å²) < 4.78 is 0. The number of hydrogen-bond donors (Lipinski definition) is 2. The van der Waals surface area contributed by atoms with Crippen molar-refractivity contribution in [2.45, 2.75) is 38.5 Å². The molecule has 0 fully saturated rings. The molecule has 0 saturated heterocycles. The molecule has 0 heterocycles. The molecule has 78 valence electrons. The summed E-state index contributed by atoms with van der Waals surface area (Å²) in [4.78, 5) is 11.2. The molecule has 0 aliphatic rings. The summed E-state index contributed by atoms with van der Waals surface area (Å²) in [5, 5.41) is 11.7. The number of aliphatic hydroxyl groups is 1. The summed E-state index contributed by atoms with van der Waals surface area (Å²) in [6.07, 6.45) is 0.950. The van der Waals surface area contributed by atoms with Crippen molar-refractivity contribution in [3.8, 4) is 0 Å². The second kappa shape index (κ2) is 7.21. The summed E-state index contributed by atoms with van der Waals surface area (Å²) in [6, 6.07) is 0.248. The Hall–Kier alpha value is -0.220. The molecule has 0 rings (SSSR count). The molecule has 0 bridgehead atoms. The van der Waals surface area contributed by atoms with Gasteiger partial charge in [-0.15, -0.1) is 11.8 Å². The van der Waals surface area contributed by atoms with Crippen LogP contribution in [0.25, 0.3) is 0 Å². The van der Waals surface area contributed by atoms with Gasteiger partial charge < -0.3 is 10.4 Å². The zero-order valence-electron chi connectivity index (χ0n) is 8.54. The fourth-order valence-electron chi connectivity index (χ4n) is 0.689. The van der Waals surface area contributed by atoms with E-state index in [1.807, 2.05) is 20.8 Å². The van der Waals surface area contributed by atoms with Gasteiger partial charge in [0.1, 0.15) is 0 Å². The quantitative estimate of drug-likeness (QED) is 0.680. The fraction of sp³-hybridized carbons (Fsp3) is 0.889. The Morgan fingerprint density at radius 3 is 2.62 bits per heavy atom. The topological polar surface area (TPSA) is 49.3 Å². The van der Waals surface area contributed by atoms with Gasteiger partial charge in [0.2, 0.25) is 5.91 Å². The van der Waals surface area contributed by atoms with Crippen LogP contribution in [0.2, 0.25) is 0 Å². The van der Waals surface area contributed by atoms with Gasteiger partial charge in [0, 0.05) is 11.3 Å². The molecular formula is C9H19NO2S. The van der Waals surface area contributed by atoms with Crippen molar-refractivity contribution >= 4 is 17.7 Å². The summed E-state index contributed by atoms with van der Waals surface area (Å²) in [5.41, 5.74) is 0. The highest BCUT2D eigenvalue weighted by Gasteiger charge is 2.07. The lowest BCUT2D eigenvalue weighted by Gasteiger charge is -2.12. The van der Waals surface area contributed by atoms with Gasteiger partial charge in [0.25, 0.3) is 0 Å². The van der Waals surface area contributed by atoms with Crippen molar-refractivity contribution in [1.82, 2.24) is 5.32 Å². The van der Waals surface area contributed by atoms with Crippen LogP contribution in [0.3, 0.4) is 0 Å². The summed E-state index contributed by atoms with van der Waals surface area (Å²) in [6.45, 7) is 6.05. The van der Waals surface area contributed by atoms with Gasteiger partial charge in [-0.25, -0.2) is 0 Å². The standard InChI is InChI=1S/C9H19NO2S/c1-4-7(2)10-9(12)6-13-8(3)5-11/h7-8,11H,4-6H2,1-3H3,(H,10,12). The van der Waals surface area contributed by atoms with Gasteiger partial charge in [-0.05, 0) is 13.3 Å². The normalized spacial score (nSPS) is 15.1. The van der Waals surface area contributed by atoms with E-state index in [9.17, 15) is 4.79 Å². The van der Waals surface area contributed by atoms with E-state index in [0.29, 0.717) is 5.75 Å². The van der Waals surface area contributed by atoms with E-state index in [4.69, 9.17) is 5.11 Å². The van der Waals surface area contributed by atoms with Crippen LogP contribution in [0.5, 0.6) is 0 Å². The average molecular weight is 205 g/mol. The lowest BCUT2D eigenvalue weighted by Crippen LogP contribution is -2.33. The second-order valence-electron chi connectivity index (χ2n) is 3.18. The van der Waals surface area contributed by atoms with E-state index in [1.54, 1.807) is 0 Å². The van der Waals surface area contributed by atoms with Crippen molar-refractivity contribution in [2.75, 3.05) is 12.4 Å². The van der Waals surface area contributed by atoms with Crippen LogP contribution in [0.4, 0.5) is 0 Å². The number of aliphatic hydroxyl groups excluding tert-OH is 1. The molecule has 2 N–H and O–H groups in total. The number of hydrogen-bond acceptors (Lipinski definition) is 3. The van der Waals surface area contributed by atoms with Crippen molar-refractivity contribution in [1.29, 1.82) is 0 Å². The Labute approximate surface area is 84.3 Å². The molecule has 13 heavy (non-hydrogen) atoms. The SMILES string of the molecule is CCC(C)NC(=O)CSC(C)CO. The van der Waals surface area contributed by atoms with E-state index in [-0.39, 0.29) is 23.8 Å². The molecule has 1 amide bonds. The van der Waals surface area contributed by atoms with Crippen molar-refractivity contribution < 1.29 is 9.90 Å². The first-order valence-corrected chi connectivity index (χ1v) is 5.66. The maximum Gasteiger partial charge on any atom is 0.230 e.